The number of aliphatic hydroxyl groups is 1. The van der Waals surface area contributed by atoms with Crippen LogP contribution < -0.4 is 56.3 Å². The van der Waals surface area contributed by atoms with Crippen LogP contribution in [0.15, 0.2) is 41.8 Å². The zero-order valence-electron chi connectivity index (χ0n) is 56.6. The summed E-state index contributed by atoms with van der Waals surface area (Å²) in [5.74, 6) is 1.01. The molecule has 0 radical (unpaired) electrons. The molecule has 2 aromatic heterocycles. The van der Waals surface area contributed by atoms with Crippen molar-refractivity contribution in [3.05, 3.63) is 47.2 Å². The molecule has 85 heavy (non-hydrogen) atoms. The molecule has 2 aromatic rings. The van der Waals surface area contributed by atoms with Gasteiger partial charge in [0.2, 0.25) is 0 Å². The van der Waals surface area contributed by atoms with Gasteiger partial charge in [0.05, 0.1) is 66.2 Å². The number of rotatable bonds is 7. The van der Waals surface area contributed by atoms with E-state index in [0.29, 0.717) is 48.9 Å². The molecule has 8 heterocycles. The number of esters is 1. The van der Waals surface area contributed by atoms with E-state index in [-0.39, 0.29) is 81.4 Å². The molecule has 0 bridgehead atoms. The number of carbonyl (C=O) groups excluding carboxylic acids is 2. The molecule has 21 nitrogen and oxygen atoms in total. The first-order valence-corrected chi connectivity index (χ1v) is 41.8. The van der Waals surface area contributed by atoms with Crippen molar-refractivity contribution in [1.29, 1.82) is 0 Å². The van der Waals surface area contributed by atoms with Crippen molar-refractivity contribution in [2.45, 2.75) is 238 Å². The molecule has 6 aliphatic heterocycles. The minimum atomic E-state index is -1.06. The van der Waals surface area contributed by atoms with Gasteiger partial charge in [-0.05, 0) is 167 Å². The van der Waals surface area contributed by atoms with E-state index in [1.165, 1.54) is 39.3 Å². The molecule has 4 N–H and O–H groups in total. The van der Waals surface area contributed by atoms with Crippen LogP contribution in [0.4, 0.5) is 0 Å². The van der Waals surface area contributed by atoms with Crippen molar-refractivity contribution in [3.8, 4) is 0 Å². The summed E-state index contributed by atoms with van der Waals surface area (Å²) in [6.45, 7) is 41.0. The zero-order chi connectivity index (χ0) is 64.4. The number of hydrogen-bond donors (Lipinski definition) is 4. The van der Waals surface area contributed by atoms with Gasteiger partial charge in [-0.15, -0.1) is 5.71 Å². The van der Waals surface area contributed by atoms with Gasteiger partial charge in [-0.25, -0.2) is 0 Å². The predicted molar refractivity (Wildman–Crippen MR) is 358 cm³/mol. The molecular formula is C59H117I3Li2N11O10-. The third-order valence-corrected chi connectivity index (χ3v) is 12.3. The van der Waals surface area contributed by atoms with Crippen LogP contribution in [0.1, 0.15) is 223 Å². The van der Waals surface area contributed by atoms with Crippen LogP contribution in [0.3, 0.4) is 0 Å². The number of halogens is 3. The number of carbonyl (C=O) groups is 2. The van der Waals surface area contributed by atoms with Crippen molar-refractivity contribution in [3.63, 3.8) is 0 Å². The van der Waals surface area contributed by atoms with Gasteiger partial charge in [-0.1, -0.05) is 109 Å². The van der Waals surface area contributed by atoms with Crippen LogP contribution in [0, 0.1) is 26.0 Å². The summed E-state index contributed by atoms with van der Waals surface area (Å²) in [5.41, 5.74) is 4.32. The summed E-state index contributed by atoms with van der Waals surface area (Å²) in [5, 5.41) is 58.6. The summed E-state index contributed by atoms with van der Waals surface area (Å²) < 4.78 is 15.0. The maximum Gasteiger partial charge on any atom is 1.00 e. The third-order valence-electron chi connectivity index (χ3n) is 12.3. The Morgan fingerprint density at radius 2 is 1.16 bits per heavy atom. The van der Waals surface area contributed by atoms with Gasteiger partial charge < -0.3 is 56.7 Å². The first-order valence-electron chi connectivity index (χ1n) is 29.3. The Kier molecular flexibility index (Phi) is 75.0. The van der Waals surface area contributed by atoms with Crippen LogP contribution in [-0.4, -0.2) is 172 Å². The van der Waals surface area contributed by atoms with Crippen LogP contribution in [0.5, 0.6) is 0 Å². The molecule has 0 spiro atoms. The van der Waals surface area contributed by atoms with E-state index in [4.69, 9.17) is 29.5 Å². The van der Waals surface area contributed by atoms with E-state index < -0.39 is 5.79 Å². The second kappa shape index (κ2) is 64.0. The monoisotopic (exact) mass is 1530 g/mol. The fraction of sp³-hybridized carbons (Fsp3) is 0.780. The van der Waals surface area contributed by atoms with Gasteiger partial charge in [0, 0.05) is 18.6 Å². The SMILES string of the molecule is C.C/C(CC(=O)C1CCCN1C)=N/O.CC.CC.CC.CC.CC.CC(C)=NO.CC1=NOC(O)(C2CCCN2C)C1.COC(=O)C1CCCN1C.Cc1cc(C2CCCN2)on1.Cc1cc(C2CCCN2C)on1.I[I-]I.[CH2-]/C(C)=N\[O-].[Li+].[Li+]. The molecular weight excluding hydrogens is 1420 g/mol. The average Bonchev–Trinajstić information content (AvgIpc) is 4.56. The standard InChI is InChI=1S/2C9H16N2O2.C9H14N2O.C8H12N2O.C7H13NO2.C3H7NO.C3H6NO.5C2H6.CH4.I3.2Li/c1-7-6-9(12,13-10-7)8-4-3-5-11(8)2;1-7(10-13)6-9(12)8-4-3-5-11(8)2;1-7-6-9(12-10-7)8-4-3-5-11(8)2;1-6-5-8(11-10-6)7-3-2-4-9-7;1-8-5-3-4-6(8)7(9)10-2;2*1-3(2)4-5;5*1-2;;1-3-2;;/h8,12H,3-6H2,1-2H3;8,13H,3-6H2,1-2H3;6,8H,3-5H2,1-2H3;5,7,9H,2-4H2,1H3;6H,3-5H2,1-2H3;5H,1-2H3;5H,1H2,2H3;5*1-2H3;1H4;;;/q;;;;;;-1;;;;;;;-1;2*+1/p-1/b;10-7-;;;;;4-3+;;;;;;;;;. The number of ketones is 1. The first-order chi connectivity index (χ1) is 39.1. The maximum absolute atomic E-state index is 11.6. The first kappa shape index (κ1) is 99.7. The fourth-order valence-corrected chi connectivity index (χ4v) is 8.60. The molecule has 8 rings (SSSR count). The summed E-state index contributed by atoms with van der Waals surface area (Å²) in [6, 6.07) is 5.08. The van der Waals surface area contributed by atoms with E-state index in [0.717, 1.165) is 93.3 Å². The molecule has 26 heteroatoms. The number of nitrogens with one attached hydrogen (secondary N) is 1. The molecule has 6 atom stereocenters. The number of likely N-dealkylation sites (N-methyl/N-ethyl adjacent to an activating group) is 3. The second-order valence-corrected chi connectivity index (χ2v) is 35.1. The normalized spacial score (nSPS) is 21.6. The largest absolute Gasteiger partial charge is 1.00 e. The molecule has 0 amide bonds. The summed E-state index contributed by atoms with van der Waals surface area (Å²) in [4.78, 5) is 36.2. The zero-order valence-corrected chi connectivity index (χ0v) is 63.0. The quantitative estimate of drug-likeness (QED) is 0.0538. The number of aryl methyl sites for hydroxylation is 2. The van der Waals surface area contributed by atoms with Crippen LogP contribution in [-0.2, 0) is 19.2 Å². The summed E-state index contributed by atoms with van der Waals surface area (Å²) in [7, 11) is 9.51. The Labute approximate surface area is 570 Å². The summed E-state index contributed by atoms with van der Waals surface area (Å²) >= 11 is 5.30. The number of methoxy groups -OCH3 is 1. The Bertz CT molecular complexity index is 1960. The molecule has 6 unspecified atom stereocenters. The molecule has 5 saturated heterocycles. The third kappa shape index (κ3) is 45.4. The van der Waals surface area contributed by atoms with Gasteiger partial charge in [0.1, 0.15) is 6.04 Å². The number of nitrogens with zero attached hydrogens (tertiary/aromatic N) is 10. The minimum absolute atomic E-state index is 0. The van der Waals surface area contributed by atoms with E-state index in [2.05, 4.69) is 107 Å². The molecule has 5 fully saturated rings. The van der Waals surface area contributed by atoms with Crippen molar-refractivity contribution in [2.24, 2.45) is 20.6 Å². The number of ether oxygens (including phenoxy) is 1. The Morgan fingerprint density at radius 1 is 0.741 bits per heavy atom. The van der Waals surface area contributed by atoms with Crippen molar-refractivity contribution < 1.29 is 94.7 Å². The number of likely N-dealkylation sites (tertiary alicyclic amines) is 4. The van der Waals surface area contributed by atoms with Gasteiger partial charge in [0.25, 0.3) is 5.79 Å². The smallest absolute Gasteiger partial charge is 0.794 e. The predicted octanol–water partition coefficient (Wildman–Crippen LogP) is 5.05. The van der Waals surface area contributed by atoms with Gasteiger partial charge in [-0.2, -0.15) is 0 Å². The number of hydrogen-bond acceptors (Lipinski definition) is 21. The Balaban J connectivity index is -0.000000133. The van der Waals surface area contributed by atoms with Gasteiger partial charge >= 0.3 is 94.2 Å². The van der Waals surface area contributed by atoms with Gasteiger partial charge in [-0.3, -0.25) is 29.2 Å². The molecule has 6 aliphatic rings. The molecule has 0 aliphatic carbocycles. The second-order valence-electron chi connectivity index (χ2n) is 18.8. The van der Waals surface area contributed by atoms with E-state index in [9.17, 15) is 14.7 Å². The van der Waals surface area contributed by atoms with Crippen molar-refractivity contribution >= 4 is 71.8 Å². The van der Waals surface area contributed by atoms with Crippen molar-refractivity contribution in [1.82, 2.24) is 35.2 Å². The minimum Gasteiger partial charge on any atom is -0.794 e. The Morgan fingerprint density at radius 3 is 1.47 bits per heavy atom. The average molecular weight is 1540 g/mol. The topological polar surface area (TPSA) is 263 Å². The Hall–Kier alpha value is -1.55. The maximum atomic E-state index is 11.6. The van der Waals surface area contributed by atoms with Crippen LogP contribution in [0.25, 0.3) is 0 Å². The fourth-order valence-electron chi connectivity index (χ4n) is 8.60. The van der Waals surface area contributed by atoms with Crippen LogP contribution in [0.2, 0.25) is 0 Å². The molecule has 492 valence electrons. The molecule has 0 saturated carbocycles. The number of Topliss-reactive ketones (excluding diaryl/α,β-unsaturated/α-hetero) is 1. The van der Waals surface area contributed by atoms with Crippen molar-refractivity contribution in [2.75, 3.05) is 68.0 Å². The van der Waals surface area contributed by atoms with E-state index >= 15 is 0 Å². The summed E-state index contributed by atoms with van der Waals surface area (Å²) in [6.07, 6.45) is 11.9. The molecule has 0 aromatic carbocycles. The number of aromatic nitrogens is 2. The number of oxime groups is 3. The van der Waals surface area contributed by atoms with E-state index in [1.54, 1.807) is 27.7 Å². The van der Waals surface area contributed by atoms with Crippen LogP contribution >= 0.6 is 37.2 Å². The van der Waals surface area contributed by atoms with Gasteiger partial charge in [0.15, 0.2) is 17.3 Å². The van der Waals surface area contributed by atoms with E-state index in [1.807, 2.05) is 128 Å².